The molecule has 3 nitrogen and oxygen atoms in total. The quantitative estimate of drug-likeness (QED) is 0.502. The second kappa shape index (κ2) is 7.97. The molecule has 2 aromatic rings. The molecule has 0 aliphatic heterocycles. The van der Waals surface area contributed by atoms with Crippen molar-refractivity contribution in [1.29, 1.82) is 0 Å². The molecule has 0 saturated carbocycles. The summed E-state index contributed by atoms with van der Waals surface area (Å²) in [5.41, 5.74) is 2.99. The smallest absolute Gasteiger partial charge is 0.270 e. The Bertz CT molecular complexity index is 695. The molecule has 4 heteroatoms. The number of likely N-dealkylation sites (N-methyl/N-ethyl adjacent to an activating group) is 1. The van der Waals surface area contributed by atoms with Crippen LogP contribution in [0.1, 0.15) is 41.4 Å². The van der Waals surface area contributed by atoms with Crippen molar-refractivity contribution >= 4 is 23.0 Å². The largest absolute Gasteiger partial charge is 0.374 e. The Labute approximate surface area is 143 Å². The van der Waals surface area contributed by atoms with Gasteiger partial charge in [0.25, 0.3) is 6.04 Å². The molecule has 0 spiro atoms. The van der Waals surface area contributed by atoms with Crippen LogP contribution in [-0.4, -0.2) is 17.3 Å². The lowest BCUT2D eigenvalue weighted by molar-refractivity contribution is -0.692. The zero-order valence-electron chi connectivity index (χ0n) is 13.9. The van der Waals surface area contributed by atoms with E-state index in [4.69, 9.17) is 12.2 Å². The topological polar surface area (TPSA) is 33.0 Å². The molecule has 0 unspecified atom stereocenters. The Kier molecular flexibility index (Phi) is 5.99. The first-order valence-electron chi connectivity index (χ1n) is 7.95. The van der Waals surface area contributed by atoms with E-state index in [1.165, 1.54) is 5.56 Å². The molecule has 0 amide bonds. The summed E-state index contributed by atoms with van der Waals surface area (Å²) < 4.78 is 1.89. The van der Waals surface area contributed by atoms with Crippen LogP contribution in [0.2, 0.25) is 0 Å². The molecular formula is C19H23N2OS+. The van der Waals surface area contributed by atoms with Crippen LogP contribution in [0.5, 0.6) is 0 Å². The fourth-order valence-electron chi connectivity index (χ4n) is 2.50. The number of carbonyl (C=O) groups is 1. The van der Waals surface area contributed by atoms with Crippen molar-refractivity contribution in [3.63, 3.8) is 0 Å². The number of rotatable bonds is 6. The Morgan fingerprint density at radius 2 is 1.91 bits per heavy atom. The number of pyridine rings is 1. The number of aromatic nitrogens is 1. The molecule has 0 bridgehead atoms. The number of thiocarbonyl (C=S) groups is 1. The van der Waals surface area contributed by atoms with Crippen molar-refractivity contribution in [2.75, 3.05) is 6.54 Å². The molecule has 0 fully saturated rings. The first-order valence-corrected chi connectivity index (χ1v) is 8.36. The minimum Gasteiger partial charge on any atom is -0.374 e. The molecular weight excluding hydrogens is 304 g/mol. The second-order valence-corrected chi connectivity index (χ2v) is 5.98. The molecule has 2 rings (SSSR count). The third-order valence-corrected chi connectivity index (χ3v) is 4.13. The number of benzene rings is 1. The lowest BCUT2D eigenvalue weighted by Gasteiger charge is -2.14. The van der Waals surface area contributed by atoms with Crippen LogP contribution in [-0.2, 0) is 6.42 Å². The third-order valence-electron chi connectivity index (χ3n) is 3.76. The molecule has 1 heterocycles. The van der Waals surface area contributed by atoms with Crippen molar-refractivity contribution in [1.82, 2.24) is 5.32 Å². The highest BCUT2D eigenvalue weighted by Gasteiger charge is 2.32. The first-order chi connectivity index (χ1) is 11.1. The van der Waals surface area contributed by atoms with Crippen molar-refractivity contribution in [3.05, 3.63) is 65.5 Å². The monoisotopic (exact) mass is 327 g/mol. The number of hydrogen-bond donors (Lipinski definition) is 1. The van der Waals surface area contributed by atoms with Crippen LogP contribution >= 0.6 is 12.2 Å². The Morgan fingerprint density at radius 3 is 2.48 bits per heavy atom. The Hall–Kier alpha value is -2.07. The van der Waals surface area contributed by atoms with Gasteiger partial charge in [0, 0.05) is 23.7 Å². The van der Waals surface area contributed by atoms with Gasteiger partial charge in [0.1, 0.15) is 0 Å². The zero-order valence-corrected chi connectivity index (χ0v) is 14.7. The lowest BCUT2D eigenvalue weighted by Crippen LogP contribution is -2.51. The average Bonchev–Trinajstić information content (AvgIpc) is 2.55. The van der Waals surface area contributed by atoms with E-state index in [-0.39, 0.29) is 5.78 Å². The molecule has 0 aliphatic carbocycles. The molecule has 1 atom stereocenters. The number of hydrogen-bond acceptors (Lipinski definition) is 2. The Morgan fingerprint density at radius 1 is 1.22 bits per heavy atom. The summed E-state index contributed by atoms with van der Waals surface area (Å²) in [6.45, 7) is 6.78. The minimum atomic E-state index is -0.516. The maximum absolute atomic E-state index is 13.0. The van der Waals surface area contributed by atoms with Gasteiger partial charge in [-0.3, -0.25) is 4.79 Å². The van der Waals surface area contributed by atoms with Crippen LogP contribution in [0.25, 0.3) is 0 Å². The maximum Gasteiger partial charge on any atom is 0.270 e. The van der Waals surface area contributed by atoms with Crippen LogP contribution in [0.3, 0.4) is 0 Å². The molecule has 0 saturated heterocycles. The van der Waals surface area contributed by atoms with E-state index in [1.807, 2.05) is 67.2 Å². The van der Waals surface area contributed by atoms with E-state index < -0.39 is 6.04 Å². The summed E-state index contributed by atoms with van der Waals surface area (Å²) in [7, 11) is 0. The van der Waals surface area contributed by atoms with Gasteiger partial charge in [0.05, 0.1) is 0 Å². The summed E-state index contributed by atoms with van der Waals surface area (Å²) >= 11 is 5.47. The highest BCUT2D eigenvalue weighted by molar-refractivity contribution is 7.80. The van der Waals surface area contributed by atoms with Crippen LogP contribution < -0.4 is 9.88 Å². The van der Waals surface area contributed by atoms with E-state index in [1.54, 1.807) is 0 Å². The van der Waals surface area contributed by atoms with Gasteiger partial charge in [-0.25, -0.2) is 0 Å². The SMILES string of the molecule is CCNC(=S)[C@H](C(=O)c1ccc(CC)cc1)[n+]1cccc(C)c1. The van der Waals surface area contributed by atoms with Crippen LogP contribution in [0.15, 0.2) is 48.8 Å². The fourth-order valence-corrected chi connectivity index (χ4v) is 2.87. The summed E-state index contributed by atoms with van der Waals surface area (Å²) in [6, 6.07) is 11.2. The zero-order chi connectivity index (χ0) is 16.8. The van der Waals surface area contributed by atoms with E-state index >= 15 is 0 Å². The van der Waals surface area contributed by atoms with Gasteiger partial charge in [0.2, 0.25) is 5.78 Å². The van der Waals surface area contributed by atoms with Crippen molar-refractivity contribution in [2.45, 2.75) is 33.2 Å². The normalized spacial score (nSPS) is 11.8. The van der Waals surface area contributed by atoms with Crippen LogP contribution in [0.4, 0.5) is 0 Å². The summed E-state index contributed by atoms with van der Waals surface area (Å²) in [5, 5.41) is 3.13. The molecule has 1 N–H and O–H groups in total. The number of carbonyl (C=O) groups excluding carboxylic acids is 1. The number of nitrogens with one attached hydrogen (secondary N) is 1. The van der Waals surface area contributed by atoms with E-state index in [0.717, 1.165) is 12.0 Å². The number of aryl methyl sites for hydroxylation is 2. The second-order valence-electron chi connectivity index (χ2n) is 5.54. The number of nitrogens with zero attached hydrogens (tertiary/aromatic N) is 1. The van der Waals surface area contributed by atoms with Gasteiger partial charge in [0.15, 0.2) is 17.4 Å². The molecule has 1 aromatic heterocycles. The van der Waals surface area contributed by atoms with E-state index in [0.29, 0.717) is 17.1 Å². The summed E-state index contributed by atoms with van der Waals surface area (Å²) in [4.78, 5) is 13.6. The molecule has 0 aliphatic rings. The van der Waals surface area contributed by atoms with Crippen molar-refractivity contribution in [2.24, 2.45) is 0 Å². The first kappa shape index (κ1) is 17.3. The van der Waals surface area contributed by atoms with Gasteiger partial charge in [-0.1, -0.05) is 43.4 Å². The lowest BCUT2D eigenvalue weighted by atomic mass is 10.0. The highest BCUT2D eigenvalue weighted by Crippen LogP contribution is 2.13. The highest BCUT2D eigenvalue weighted by atomic mass is 32.1. The molecule has 0 radical (unpaired) electrons. The van der Waals surface area contributed by atoms with Gasteiger partial charge in [-0.2, -0.15) is 4.57 Å². The Balaban J connectivity index is 2.39. The van der Waals surface area contributed by atoms with Gasteiger partial charge >= 0.3 is 0 Å². The van der Waals surface area contributed by atoms with Crippen molar-refractivity contribution < 1.29 is 9.36 Å². The predicted octanol–water partition coefficient (Wildman–Crippen LogP) is 3.21. The van der Waals surface area contributed by atoms with E-state index in [9.17, 15) is 4.79 Å². The molecule has 120 valence electrons. The van der Waals surface area contributed by atoms with Crippen LogP contribution in [0, 0.1) is 6.92 Å². The standard InChI is InChI=1S/C19H22N2OS/c1-4-15-8-10-16(11-9-15)18(22)17(19(23)20-5-2)21-12-6-7-14(3)13-21/h6-13,17H,4-5H2,1-3H3/p+1/t17-/m0/s1. The minimum absolute atomic E-state index is 0.00852. The van der Waals surface area contributed by atoms with Gasteiger partial charge in [-0.15, -0.1) is 0 Å². The third kappa shape index (κ3) is 4.23. The van der Waals surface area contributed by atoms with E-state index in [2.05, 4.69) is 12.2 Å². The van der Waals surface area contributed by atoms with Gasteiger partial charge < -0.3 is 5.32 Å². The summed E-state index contributed by atoms with van der Waals surface area (Å²) in [6.07, 6.45) is 4.80. The summed E-state index contributed by atoms with van der Waals surface area (Å²) in [5.74, 6) is 0.00852. The maximum atomic E-state index is 13.0. The molecule has 1 aromatic carbocycles. The predicted molar refractivity (Wildman–Crippen MR) is 96.8 cm³/mol. The number of Topliss-reactive ketones (excluding diaryl/α,β-unsaturated/α-hetero) is 1. The number of ketones is 1. The average molecular weight is 327 g/mol. The fraction of sp³-hybridized carbons (Fsp3) is 0.316. The van der Waals surface area contributed by atoms with Crippen molar-refractivity contribution in [3.8, 4) is 0 Å². The van der Waals surface area contributed by atoms with Gasteiger partial charge in [-0.05, 0) is 31.9 Å². The molecule has 23 heavy (non-hydrogen) atoms.